The number of hydrogen-bond acceptors (Lipinski definition) is 4. The molecule has 0 bridgehead atoms. The average Bonchev–Trinajstić information content (AvgIpc) is 2.64. The van der Waals surface area contributed by atoms with Crippen molar-refractivity contribution in [2.75, 3.05) is 31.6 Å². The van der Waals surface area contributed by atoms with Crippen molar-refractivity contribution >= 4 is 5.69 Å². The summed E-state index contributed by atoms with van der Waals surface area (Å²) < 4.78 is 32.1. The molecule has 1 heterocycles. The first-order chi connectivity index (χ1) is 12.7. The van der Waals surface area contributed by atoms with E-state index < -0.39 is 11.6 Å². The number of ether oxygens (including phenoxy) is 1. The number of nitrogens with zero attached hydrogens (tertiary/aromatic N) is 1. The standard InChI is InChI=1S/C20H24F2N2O2/c21-18-8-7-16(12-19(18)22)23-17-5-3-9-24(14-17)13-15-4-1-2-6-20(15)26-11-10-25/h1-2,4,6-8,12,17,23,25H,3,5,9-11,13-14H2/t17-/m1/s1. The minimum absolute atomic E-state index is 0.0156. The number of halogens is 2. The van der Waals surface area contributed by atoms with Crippen LogP contribution >= 0.6 is 0 Å². The summed E-state index contributed by atoms with van der Waals surface area (Å²) in [6.45, 7) is 2.80. The van der Waals surface area contributed by atoms with Gasteiger partial charge >= 0.3 is 0 Å². The maximum absolute atomic E-state index is 13.4. The van der Waals surface area contributed by atoms with Gasteiger partial charge in [-0.15, -0.1) is 0 Å². The highest BCUT2D eigenvalue weighted by Crippen LogP contribution is 2.23. The van der Waals surface area contributed by atoms with Crippen LogP contribution < -0.4 is 10.1 Å². The molecule has 1 aliphatic rings. The van der Waals surface area contributed by atoms with Crippen LogP contribution in [0.25, 0.3) is 0 Å². The molecular formula is C20H24F2N2O2. The topological polar surface area (TPSA) is 44.7 Å². The van der Waals surface area contributed by atoms with Crippen LogP contribution in [0.4, 0.5) is 14.5 Å². The van der Waals surface area contributed by atoms with E-state index in [0.717, 1.165) is 49.9 Å². The van der Waals surface area contributed by atoms with E-state index in [4.69, 9.17) is 9.84 Å². The first-order valence-electron chi connectivity index (χ1n) is 8.91. The second-order valence-corrected chi connectivity index (χ2v) is 6.53. The molecule has 3 rings (SSSR count). The minimum atomic E-state index is -0.836. The molecule has 1 atom stereocenters. The zero-order valence-corrected chi connectivity index (χ0v) is 14.6. The number of hydrogen-bond donors (Lipinski definition) is 2. The highest BCUT2D eigenvalue weighted by molar-refractivity contribution is 5.44. The van der Waals surface area contributed by atoms with Gasteiger partial charge in [0.25, 0.3) is 0 Å². The van der Waals surface area contributed by atoms with Gasteiger partial charge in [-0.2, -0.15) is 0 Å². The molecule has 1 aliphatic heterocycles. The molecule has 0 aliphatic carbocycles. The van der Waals surface area contributed by atoms with Gasteiger partial charge in [-0.25, -0.2) is 8.78 Å². The molecule has 4 nitrogen and oxygen atoms in total. The zero-order chi connectivity index (χ0) is 18.4. The molecule has 1 fully saturated rings. The van der Waals surface area contributed by atoms with E-state index in [2.05, 4.69) is 10.2 Å². The lowest BCUT2D eigenvalue weighted by Crippen LogP contribution is -2.41. The molecule has 0 spiro atoms. The van der Waals surface area contributed by atoms with Crippen molar-refractivity contribution in [2.45, 2.75) is 25.4 Å². The summed E-state index contributed by atoms with van der Waals surface area (Å²) in [7, 11) is 0. The lowest BCUT2D eigenvalue weighted by Gasteiger charge is -2.34. The quantitative estimate of drug-likeness (QED) is 0.792. The number of aliphatic hydroxyl groups is 1. The fourth-order valence-electron chi connectivity index (χ4n) is 3.31. The Labute approximate surface area is 152 Å². The van der Waals surface area contributed by atoms with E-state index >= 15 is 0 Å². The Morgan fingerprint density at radius 3 is 2.81 bits per heavy atom. The van der Waals surface area contributed by atoms with Crippen LogP contribution in [0.15, 0.2) is 42.5 Å². The highest BCUT2D eigenvalue weighted by atomic mass is 19.2. The van der Waals surface area contributed by atoms with E-state index in [1.165, 1.54) is 6.07 Å². The summed E-state index contributed by atoms with van der Waals surface area (Å²) in [5, 5.41) is 12.3. The molecule has 0 amide bonds. The first-order valence-corrected chi connectivity index (χ1v) is 8.91. The smallest absolute Gasteiger partial charge is 0.160 e. The van der Waals surface area contributed by atoms with Crippen molar-refractivity contribution in [1.82, 2.24) is 4.90 Å². The summed E-state index contributed by atoms with van der Waals surface area (Å²) in [5.74, 6) is -0.879. The third-order valence-electron chi connectivity index (χ3n) is 4.51. The number of aliphatic hydroxyl groups excluding tert-OH is 1. The predicted molar refractivity (Wildman–Crippen MR) is 97.3 cm³/mol. The van der Waals surface area contributed by atoms with Crippen LogP contribution in [0.5, 0.6) is 5.75 Å². The first kappa shape index (κ1) is 18.6. The van der Waals surface area contributed by atoms with Crippen molar-refractivity contribution in [1.29, 1.82) is 0 Å². The average molecular weight is 362 g/mol. The van der Waals surface area contributed by atoms with Gasteiger partial charge in [0.1, 0.15) is 12.4 Å². The highest BCUT2D eigenvalue weighted by Gasteiger charge is 2.21. The Bertz CT molecular complexity index is 727. The Morgan fingerprint density at radius 1 is 1.15 bits per heavy atom. The Hall–Kier alpha value is -2.18. The van der Waals surface area contributed by atoms with Gasteiger partial charge in [0.05, 0.1) is 6.61 Å². The zero-order valence-electron chi connectivity index (χ0n) is 14.6. The van der Waals surface area contributed by atoms with E-state index in [-0.39, 0.29) is 19.3 Å². The van der Waals surface area contributed by atoms with Crippen LogP contribution in [-0.4, -0.2) is 42.4 Å². The van der Waals surface area contributed by atoms with Crippen molar-refractivity contribution in [3.8, 4) is 5.75 Å². The van der Waals surface area contributed by atoms with E-state index in [9.17, 15) is 8.78 Å². The van der Waals surface area contributed by atoms with Crippen LogP contribution in [-0.2, 0) is 6.54 Å². The molecule has 0 aromatic heterocycles. The summed E-state index contributed by atoms with van der Waals surface area (Å²) >= 11 is 0. The van der Waals surface area contributed by atoms with Crippen molar-refractivity contribution < 1.29 is 18.6 Å². The molecule has 26 heavy (non-hydrogen) atoms. The van der Waals surface area contributed by atoms with Gasteiger partial charge in [0.15, 0.2) is 11.6 Å². The minimum Gasteiger partial charge on any atom is -0.491 e. The lowest BCUT2D eigenvalue weighted by molar-refractivity contribution is 0.189. The van der Waals surface area contributed by atoms with Crippen LogP contribution in [0, 0.1) is 11.6 Å². The fraction of sp³-hybridized carbons (Fsp3) is 0.400. The number of benzene rings is 2. The Kier molecular flexibility index (Phi) is 6.41. The summed E-state index contributed by atoms with van der Waals surface area (Å²) in [6.07, 6.45) is 2.01. The molecule has 2 aromatic rings. The van der Waals surface area contributed by atoms with Gasteiger partial charge in [-0.3, -0.25) is 4.90 Å². The van der Waals surface area contributed by atoms with Gasteiger partial charge in [0.2, 0.25) is 0 Å². The van der Waals surface area contributed by atoms with Crippen molar-refractivity contribution in [3.05, 3.63) is 59.7 Å². The number of anilines is 1. The molecule has 1 saturated heterocycles. The summed E-state index contributed by atoms with van der Waals surface area (Å²) in [4.78, 5) is 2.32. The SMILES string of the molecule is OCCOc1ccccc1CN1CCC[C@@H](Nc2ccc(F)c(F)c2)C1. The summed E-state index contributed by atoms with van der Waals surface area (Å²) in [6, 6.07) is 11.9. The van der Waals surface area contributed by atoms with Crippen LogP contribution in [0.1, 0.15) is 18.4 Å². The van der Waals surface area contributed by atoms with Crippen LogP contribution in [0.3, 0.4) is 0 Å². The van der Waals surface area contributed by atoms with Crippen molar-refractivity contribution in [3.63, 3.8) is 0 Å². The molecule has 0 radical (unpaired) electrons. The van der Waals surface area contributed by atoms with Gasteiger partial charge in [0, 0.05) is 36.4 Å². The van der Waals surface area contributed by atoms with Crippen molar-refractivity contribution in [2.24, 2.45) is 0 Å². The van der Waals surface area contributed by atoms with Gasteiger partial charge < -0.3 is 15.2 Å². The largest absolute Gasteiger partial charge is 0.491 e. The van der Waals surface area contributed by atoms with Gasteiger partial charge in [-0.1, -0.05) is 18.2 Å². The normalized spacial score (nSPS) is 17.9. The molecule has 140 valence electrons. The molecule has 2 aromatic carbocycles. The predicted octanol–water partition coefficient (Wildman–Crippen LogP) is 3.41. The lowest BCUT2D eigenvalue weighted by atomic mass is 10.0. The number of nitrogens with one attached hydrogen (secondary N) is 1. The molecule has 6 heteroatoms. The Morgan fingerprint density at radius 2 is 2.00 bits per heavy atom. The van der Waals surface area contributed by atoms with Gasteiger partial charge in [-0.05, 0) is 37.6 Å². The third-order valence-corrected chi connectivity index (χ3v) is 4.51. The van der Waals surface area contributed by atoms with Crippen LogP contribution in [0.2, 0.25) is 0 Å². The number of likely N-dealkylation sites (tertiary alicyclic amines) is 1. The number of rotatable bonds is 7. The third kappa shape index (κ3) is 4.93. The molecule has 0 unspecified atom stereocenters. The monoisotopic (exact) mass is 362 g/mol. The van der Waals surface area contributed by atoms with E-state index in [1.54, 1.807) is 6.07 Å². The molecular weight excluding hydrogens is 338 g/mol. The van der Waals surface area contributed by atoms with E-state index in [1.807, 2.05) is 24.3 Å². The fourth-order valence-corrected chi connectivity index (χ4v) is 3.31. The molecule has 0 saturated carbocycles. The number of para-hydroxylation sites is 1. The summed E-state index contributed by atoms with van der Waals surface area (Å²) in [5.41, 5.74) is 1.68. The maximum Gasteiger partial charge on any atom is 0.160 e. The second kappa shape index (κ2) is 8.96. The number of piperidine rings is 1. The second-order valence-electron chi connectivity index (χ2n) is 6.53. The molecule has 2 N–H and O–H groups in total. The van der Waals surface area contributed by atoms with E-state index in [0.29, 0.717) is 5.69 Å². The maximum atomic E-state index is 13.4. The Balaban J connectivity index is 1.61.